The number of hydrogen-bond donors (Lipinski definition) is 1. The lowest BCUT2D eigenvalue weighted by Gasteiger charge is -2.37. The van der Waals surface area contributed by atoms with Crippen LogP contribution < -0.4 is 0 Å². The van der Waals surface area contributed by atoms with E-state index in [1.807, 2.05) is 0 Å². The van der Waals surface area contributed by atoms with Crippen molar-refractivity contribution in [2.45, 2.75) is 64.7 Å². The highest BCUT2D eigenvalue weighted by molar-refractivity contribution is 5.70. The van der Waals surface area contributed by atoms with E-state index in [0.29, 0.717) is 11.8 Å². The van der Waals surface area contributed by atoms with Gasteiger partial charge in [-0.2, -0.15) is 0 Å². The van der Waals surface area contributed by atoms with Gasteiger partial charge in [0, 0.05) is 0 Å². The summed E-state index contributed by atoms with van der Waals surface area (Å²) in [6, 6.07) is 0. The van der Waals surface area contributed by atoms with E-state index >= 15 is 0 Å². The topological polar surface area (TPSA) is 37.3 Å². The Morgan fingerprint density at radius 3 is 2.24 bits per heavy atom. The quantitative estimate of drug-likeness (QED) is 0.736. The first kappa shape index (κ1) is 12.9. The van der Waals surface area contributed by atoms with E-state index < -0.39 is 5.97 Å². The molecule has 0 spiro atoms. The van der Waals surface area contributed by atoms with Gasteiger partial charge in [-0.3, -0.25) is 4.79 Å². The van der Waals surface area contributed by atoms with Gasteiger partial charge in [0.05, 0.1) is 5.92 Å². The number of aliphatic carboxylic acids is 1. The van der Waals surface area contributed by atoms with Crippen molar-refractivity contribution in [2.24, 2.45) is 23.7 Å². The summed E-state index contributed by atoms with van der Waals surface area (Å²) in [7, 11) is 0. The monoisotopic (exact) mass is 238 g/mol. The van der Waals surface area contributed by atoms with E-state index in [4.69, 9.17) is 0 Å². The molecule has 2 aliphatic carbocycles. The number of carboxylic acid groups (broad SMARTS) is 1. The van der Waals surface area contributed by atoms with E-state index in [9.17, 15) is 9.90 Å². The summed E-state index contributed by atoms with van der Waals surface area (Å²) < 4.78 is 0. The minimum absolute atomic E-state index is 0.0469. The summed E-state index contributed by atoms with van der Waals surface area (Å²) in [4.78, 5) is 11.4. The summed E-state index contributed by atoms with van der Waals surface area (Å²) in [5.41, 5.74) is 0. The Balaban J connectivity index is 2.04. The summed E-state index contributed by atoms with van der Waals surface area (Å²) in [6.07, 6.45) is 11.1. The second-order valence-corrected chi connectivity index (χ2v) is 6.28. The fourth-order valence-corrected chi connectivity index (χ4v) is 3.99. The smallest absolute Gasteiger partial charge is 0.306 e. The van der Waals surface area contributed by atoms with Gasteiger partial charge in [-0.1, -0.05) is 45.4 Å². The molecule has 3 unspecified atom stereocenters. The van der Waals surface area contributed by atoms with Crippen LogP contribution in [0.5, 0.6) is 0 Å². The molecule has 2 fully saturated rings. The van der Waals surface area contributed by atoms with E-state index in [-0.39, 0.29) is 5.92 Å². The molecule has 2 heteroatoms. The average molecular weight is 238 g/mol. The second kappa shape index (κ2) is 5.88. The zero-order valence-corrected chi connectivity index (χ0v) is 11.0. The molecule has 0 aliphatic heterocycles. The van der Waals surface area contributed by atoms with Crippen molar-refractivity contribution in [3.8, 4) is 0 Å². The SMILES string of the molecule is CC1CCC(C(=O)O)C(C2CCCCCC2)C1. The van der Waals surface area contributed by atoms with Crippen LogP contribution in [0.3, 0.4) is 0 Å². The zero-order valence-electron chi connectivity index (χ0n) is 11.0. The maximum Gasteiger partial charge on any atom is 0.306 e. The molecule has 2 rings (SSSR count). The van der Waals surface area contributed by atoms with Gasteiger partial charge < -0.3 is 5.11 Å². The van der Waals surface area contributed by atoms with Gasteiger partial charge in [0.25, 0.3) is 0 Å². The number of hydrogen-bond acceptors (Lipinski definition) is 1. The highest BCUT2D eigenvalue weighted by Crippen LogP contribution is 2.42. The molecule has 2 saturated carbocycles. The van der Waals surface area contributed by atoms with E-state index in [2.05, 4.69) is 6.92 Å². The van der Waals surface area contributed by atoms with Crippen LogP contribution in [0.15, 0.2) is 0 Å². The molecule has 0 heterocycles. The Morgan fingerprint density at radius 2 is 1.65 bits per heavy atom. The maximum atomic E-state index is 11.4. The molecule has 1 N–H and O–H groups in total. The van der Waals surface area contributed by atoms with E-state index in [0.717, 1.165) is 25.2 Å². The number of carboxylic acids is 1. The molecule has 0 aromatic rings. The highest BCUT2D eigenvalue weighted by Gasteiger charge is 2.38. The van der Waals surface area contributed by atoms with Gasteiger partial charge in [-0.25, -0.2) is 0 Å². The summed E-state index contributed by atoms with van der Waals surface area (Å²) in [6.45, 7) is 2.29. The van der Waals surface area contributed by atoms with Gasteiger partial charge in [0.1, 0.15) is 0 Å². The lowest BCUT2D eigenvalue weighted by Crippen LogP contribution is -2.34. The summed E-state index contributed by atoms with van der Waals surface area (Å²) >= 11 is 0. The fourth-order valence-electron chi connectivity index (χ4n) is 3.99. The van der Waals surface area contributed by atoms with Crippen molar-refractivity contribution in [3.63, 3.8) is 0 Å². The molecule has 2 nitrogen and oxygen atoms in total. The van der Waals surface area contributed by atoms with Crippen LogP contribution in [-0.4, -0.2) is 11.1 Å². The van der Waals surface area contributed by atoms with Crippen molar-refractivity contribution >= 4 is 5.97 Å². The Hall–Kier alpha value is -0.530. The molecule has 0 amide bonds. The van der Waals surface area contributed by atoms with Crippen LogP contribution >= 0.6 is 0 Å². The van der Waals surface area contributed by atoms with Crippen LogP contribution in [0, 0.1) is 23.7 Å². The average Bonchev–Trinajstić information content (AvgIpc) is 2.56. The lowest BCUT2D eigenvalue weighted by molar-refractivity contribution is -0.146. The van der Waals surface area contributed by atoms with Crippen LogP contribution in [0.25, 0.3) is 0 Å². The molecular formula is C15H26O2. The van der Waals surface area contributed by atoms with E-state index in [1.165, 1.54) is 38.5 Å². The van der Waals surface area contributed by atoms with Gasteiger partial charge in [-0.05, 0) is 37.0 Å². The minimum atomic E-state index is -0.536. The number of rotatable bonds is 2. The largest absolute Gasteiger partial charge is 0.481 e. The van der Waals surface area contributed by atoms with Crippen molar-refractivity contribution in [1.82, 2.24) is 0 Å². The first-order valence-electron chi connectivity index (χ1n) is 7.41. The molecule has 0 aromatic heterocycles. The van der Waals surface area contributed by atoms with Crippen LogP contribution in [0.4, 0.5) is 0 Å². The fraction of sp³-hybridized carbons (Fsp3) is 0.933. The van der Waals surface area contributed by atoms with Gasteiger partial charge in [0.2, 0.25) is 0 Å². The second-order valence-electron chi connectivity index (χ2n) is 6.28. The third kappa shape index (κ3) is 3.23. The molecule has 98 valence electrons. The van der Waals surface area contributed by atoms with Gasteiger partial charge in [-0.15, -0.1) is 0 Å². The van der Waals surface area contributed by atoms with Crippen molar-refractivity contribution in [1.29, 1.82) is 0 Å². The molecular weight excluding hydrogens is 212 g/mol. The summed E-state index contributed by atoms with van der Waals surface area (Å²) in [5.74, 6) is 1.31. The third-order valence-corrected chi connectivity index (χ3v) is 4.98. The first-order chi connectivity index (χ1) is 8.18. The first-order valence-corrected chi connectivity index (χ1v) is 7.41. The molecule has 17 heavy (non-hydrogen) atoms. The number of carbonyl (C=O) groups is 1. The molecule has 0 bridgehead atoms. The predicted molar refractivity (Wildman–Crippen MR) is 68.8 cm³/mol. The predicted octanol–water partition coefficient (Wildman–Crippen LogP) is 4.09. The Labute approximate surface area is 105 Å². The minimum Gasteiger partial charge on any atom is -0.481 e. The van der Waals surface area contributed by atoms with Crippen LogP contribution in [0.2, 0.25) is 0 Å². The molecule has 0 radical (unpaired) electrons. The molecule has 0 aromatic carbocycles. The highest BCUT2D eigenvalue weighted by atomic mass is 16.4. The molecule has 3 atom stereocenters. The summed E-state index contributed by atoms with van der Waals surface area (Å²) in [5, 5.41) is 9.40. The lowest BCUT2D eigenvalue weighted by atomic mass is 9.67. The van der Waals surface area contributed by atoms with Crippen LogP contribution in [-0.2, 0) is 4.79 Å². The van der Waals surface area contributed by atoms with Crippen molar-refractivity contribution in [2.75, 3.05) is 0 Å². The Kier molecular flexibility index (Phi) is 4.47. The van der Waals surface area contributed by atoms with Crippen molar-refractivity contribution < 1.29 is 9.90 Å². The maximum absolute atomic E-state index is 11.4. The zero-order chi connectivity index (χ0) is 12.3. The van der Waals surface area contributed by atoms with E-state index in [1.54, 1.807) is 0 Å². The van der Waals surface area contributed by atoms with Gasteiger partial charge in [0.15, 0.2) is 0 Å². The standard InChI is InChI=1S/C15H26O2/c1-11-8-9-13(15(16)17)14(10-11)12-6-4-2-3-5-7-12/h11-14H,2-10H2,1H3,(H,16,17). The normalized spacial score (nSPS) is 36.4. The third-order valence-electron chi connectivity index (χ3n) is 4.98. The Bertz CT molecular complexity index is 254. The van der Waals surface area contributed by atoms with Crippen molar-refractivity contribution in [3.05, 3.63) is 0 Å². The Morgan fingerprint density at radius 1 is 1.00 bits per heavy atom. The van der Waals surface area contributed by atoms with Crippen LogP contribution in [0.1, 0.15) is 64.7 Å². The van der Waals surface area contributed by atoms with Gasteiger partial charge >= 0.3 is 5.97 Å². The molecule has 0 saturated heterocycles. The molecule has 2 aliphatic rings.